The van der Waals surface area contributed by atoms with E-state index in [2.05, 4.69) is 77.0 Å². The molecule has 2 rings (SSSR count). The Morgan fingerprint density at radius 2 is 1.62 bits per heavy atom. The van der Waals surface area contributed by atoms with E-state index in [0.717, 1.165) is 10.9 Å². The number of nitrogens with zero attached hydrogens (tertiary/aromatic N) is 1. The Kier molecular flexibility index (Phi) is 9.47. The van der Waals surface area contributed by atoms with E-state index in [1.54, 1.807) is 0 Å². The summed E-state index contributed by atoms with van der Waals surface area (Å²) in [6.07, 6.45) is 0. The summed E-state index contributed by atoms with van der Waals surface area (Å²) in [4.78, 5) is 2.15. The fraction of sp³-hybridized carbons (Fsp3) is 0.400. The Hall–Kier alpha value is -0.236. The van der Waals surface area contributed by atoms with Crippen LogP contribution in [0.1, 0.15) is 37.5 Å². The summed E-state index contributed by atoms with van der Waals surface area (Å²) in [5.41, 5.74) is 4.80. The molecule has 0 aliphatic heterocycles. The van der Waals surface area contributed by atoms with Gasteiger partial charge in [0.2, 0.25) is 0 Å². The van der Waals surface area contributed by atoms with Crippen molar-refractivity contribution in [3.8, 4) is 5.75 Å². The van der Waals surface area contributed by atoms with Gasteiger partial charge >= 0.3 is 35.6 Å². The minimum absolute atomic E-state index is 0.0772. The van der Waals surface area contributed by atoms with Crippen LogP contribution in [-0.2, 0) is 22.4 Å². The van der Waals surface area contributed by atoms with Crippen LogP contribution in [0.3, 0.4) is 0 Å². The van der Waals surface area contributed by atoms with Crippen LogP contribution in [0, 0.1) is 13.8 Å². The van der Waals surface area contributed by atoms with Gasteiger partial charge in [0.1, 0.15) is 5.75 Å². The third-order valence-corrected chi connectivity index (χ3v) is 5.71. The van der Waals surface area contributed by atoms with Crippen LogP contribution in [-0.4, -0.2) is 19.2 Å². The molecule has 142 valence electrons. The molecule has 0 radical (unpaired) electrons. The average Bonchev–Trinajstić information content (AvgIpc) is 2.52. The molecule has 0 amide bonds. The van der Waals surface area contributed by atoms with Crippen molar-refractivity contribution in [2.24, 2.45) is 0 Å². The van der Waals surface area contributed by atoms with Crippen LogP contribution in [0.2, 0.25) is 0 Å². The normalized spacial score (nSPS) is 11.3. The molecule has 0 saturated heterocycles. The summed E-state index contributed by atoms with van der Waals surface area (Å²) in [6.45, 7) is 10.8. The summed E-state index contributed by atoms with van der Waals surface area (Å²) in [6, 6.07) is 10.7. The molecule has 0 bridgehead atoms. The molecule has 6 heteroatoms. The molecule has 1 unspecified atom stereocenters. The van der Waals surface area contributed by atoms with Crippen molar-refractivity contribution in [1.82, 2.24) is 0 Å². The van der Waals surface area contributed by atoms with Gasteiger partial charge in [-0.3, -0.25) is 0 Å². The van der Waals surface area contributed by atoms with Gasteiger partial charge in [0, 0.05) is 30.4 Å². The van der Waals surface area contributed by atoms with Crippen LogP contribution in [0.25, 0.3) is 0 Å². The van der Waals surface area contributed by atoms with Gasteiger partial charge < -0.3 is 10.0 Å². The molecular weight excluding hydrogens is 420 g/mol. The first kappa shape index (κ1) is 23.8. The zero-order valence-electron chi connectivity index (χ0n) is 16.5. The van der Waals surface area contributed by atoms with Crippen LogP contribution < -0.4 is 15.5 Å². The van der Waals surface area contributed by atoms with Crippen molar-refractivity contribution < 1.29 is 22.1 Å². The second-order valence-electron chi connectivity index (χ2n) is 7.50. The van der Waals surface area contributed by atoms with Gasteiger partial charge in [-0.25, -0.2) is 0 Å². The predicted octanol–water partition coefficient (Wildman–Crippen LogP) is 5.38. The van der Waals surface area contributed by atoms with E-state index in [1.807, 2.05) is 6.92 Å². The SMILES string of the molecule is Cc1cc(C(C)(C)C)cc(Pc2c(C)cccc2N(C)C)c1O.[Cl][Ti][Cl]. The van der Waals surface area contributed by atoms with Gasteiger partial charge in [0.05, 0.1) is 0 Å². The second kappa shape index (κ2) is 10.3. The van der Waals surface area contributed by atoms with Gasteiger partial charge in [-0.15, -0.1) is 0 Å². The zero-order chi connectivity index (χ0) is 20.1. The summed E-state index contributed by atoms with van der Waals surface area (Å²) in [7, 11) is 14.4. The maximum absolute atomic E-state index is 10.6. The van der Waals surface area contributed by atoms with Crippen LogP contribution in [0.4, 0.5) is 5.69 Å². The first-order valence-corrected chi connectivity index (χ1v) is 13.7. The van der Waals surface area contributed by atoms with Crippen LogP contribution in [0.5, 0.6) is 5.75 Å². The first-order valence-electron chi connectivity index (χ1n) is 8.37. The fourth-order valence-corrected chi connectivity index (χ4v) is 4.16. The van der Waals surface area contributed by atoms with Crippen molar-refractivity contribution in [2.45, 2.75) is 40.0 Å². The number of halogens is 2. The minimum atomic E-state index is -0.556. The molecule has 0 aromatic heterocycles. The molecule has 0 saturated carbocycles. The Labute approximate surface area is 176 Å². The number of aryl methyl sites for hydroxylation is 2. The van der Waals surface area contributed by atoms with Crippen LogP contribution >= 0.6 is 27.2 Å². The zero-order valence-corrected chi connectivity index (χ0v) is 20.6. The second-order valence-corrected chi connectivity index (χ2v) is 11.4. The predicted molar refractivity (Wildman–Crippen MR) is 116 cm³/mol. The molecule has 0 heterocycles. The number of phenolic OH excluding ortho intramolecular Hbond substituents is 1. The van der Waals surface area contributed by atoms with E-state index in [-0.39, 0.29) is 5.41 Å². The van der Waals surface area contributed by atoms with E-state index >= 15 is 0 Å². The number of hydrogen-bond acceptors (Lipinski definition) is 2. The van der Waals surface area contributed by atoms with Crippen molar-refractivity contribution >= 4 is 43.5 Å². The first-order chi connectivity index (χ1) is 12.0. The number of anilines is 1. The maximum atomic E-state index is 10.6. The number of phenols is 1. The number of rotatable bonds is 3. The molecule has 26 heavy (non-hydrogen) atoms. The summed E-state index contributed by atoms with van der Waals surface area (Å²) in [5, 5.41) is 12.9. The standard InChI is InChI=1S/C20H28NOP.2ClH.Ti/c1-13-9-8-10-16(21(6)7)19(13)23-17-12-15(20(3,4)5)11-14(2)18(17)22;;;/h8-12,22-23H,1-7H3;2*1H;/q;;;+2/p-2. The molecule has 2 nitrogen and oxygen atoms in total. The van der Waals surface area contributed by atoms with Crippen molar-refractivity contribution in [3.63, 3.8) is 0 Å². The Morgan fingerprint density at radius 1 is 1.04 bits per heavy atom. The molecule has 0 spiro atoms. The fourth-order valence-electron chi connectivity index (χ4n) is 2.63. The molecule has 1 atom stereocenters. The molecule has 0 fully saturated rings. The van der Waals surface area contributed by atoms with Crippen molar-refractivity contribution in [3.05, 3.63) is 47.0 Å². The molecule has 2 aromatic rings. The van der Waals surface area contributed by atoms with E-state index in [4.69, 9.17) is 18.6 Å². The molecular formula is C20H28Cl2NOPTi. The summed E-state index contributed by atoms with van der Waals surface area (Å²) >= 11 is -0.556. The van der Waals surface area contributed by atoms with E-state index in [1.165, 1.54) is 22.1 Å². The molecule has 2 aromatic carbocycles. The third-order valence-electron chi connectivity index (χ3n) is 4.16. The van der Waals surface area contributed by atoms with Gasteiger partial charge in [-0.2, -0.15) is 0 Å². The summed E-state index contributed by atoms with van der Waals surface area (Å²) in [5.74, 6) is 0.435. The van der Waals surface area contributed by atoms with Gasteiger partial charge in [0.25, 0.3) is 0 Å². The van der Waals surface area contributed by atoms with Crippen LogP contribution in [0.15, 0.2) is 30.3 Å². The van der Waals surface area contributed by atoms with E-state index < -0.39 is 17.0 Å². The van der Waals surface area contributed by atoms with E-state index in [9.17, 15) is 5.11 Å². The number of benzene rings is 2. The Balaban J connectivity index is 0.00000105. The number of aromatic hydroxyl groups is 1. The van der Waals surface area contributed by atoms with Gasteiger partial charge in [0.15, 0.2) is 0 Å². The quantitative estimate of drug-likeness (QED) is 0.504. The number of hydrogen-bond donors (Lipinski definition) is 1. The monoisotopic (exact) mass is 447 g/mol. The molecule has 0 aliphatic carbocycles. The van der Waals surface area contributed by atoms with Crippen molar-refractivity contribution in [2.75, 3.05) is 19.0 Å². The topological polar surface area (TPSA) is 23.5 Å². The van der Waals surface area contributed by atoms with E-state index in [0.29, 0.717) is 14.3 Å². The molecule has 1 N–H and O–H groups in total. The third kappa shape index (κ3) is 6.43. The van der Waals surface area contributed by atoms with Crippen molar-refractivity contribution in [1.29, 1.82) is 0 Å². The Morgan fingerprint density at radius 3 is 2.12 bits per heavy atom. The van der Waals surface area contributed by atoms with Gasteiger partial charge in [-0.05, 0) is 48.1 Å². The average molecular weight is 448 g/mol. The summed E-state index contributed by atoms with van der Waals surface area (Å²) < 4.78 is 0. The van der Waals surface area contributed by atoms with Gasteiger partial charge in [-0.1, -0.05) is 47.6 Å². The Bertz CT molecular complexity index is 745. The molecule has 0 aliphatic rings.